The summed E-state index contributed by atoms with van der Waals surface area (Å²) in [5.74, 6) is 1.22. The first-order valence-electron chi connectivity index (χ1n) is 7.85. The average molecular weight is 404 g/mol. The van der Waals surface area contributed by atoms with Crippen molar-refractivity contribution in [2.45, 2.75) is 13.5 Å². The zero-order chi connectivity index (χ0) is 18.4. The number of aryl methyl sites for hydroxylation is 1. The van der Waals surface area contributed by atoms with Gasteiger partial charge in [0.15, 0.2) is 11.5 Å². The molecule has 1 amide bonds. The molecule has 0 aliphatic rings. The first-order chi connectivity index (χ1) is 12.0. The van der Waals surface area contributed by atoms with Gasteiger partial charge in [-0.1, -0.05) is 40.2 Å². The minimum atomic E-state index is -0.0858. The van der Waals surface area contributed by atoms with Crippen molar-refractivity contribution in [1.82, 2.24) is 4.90 Å². The van der Waals surface area contributed by atoms with E-state index in [1.165, 1.54) is 0 Å². The molecule has 0 aliphatic carbocycles. The summed E-state index contributed by atoms with van der Waals surface area (Å²) in [4.78, 5) is 14.0. The highest BCUT2D eigenvalue weighted by Gasteiger charge is 2.13. The van der Waals surface area contributed by atoms with Gasteiger partial charge in [0, 0.05) is 29.7 Å². The number of hydrogen-bond donors (Lipinski definition) is 0. The molecular weight excluding hydrogens is 382 g/mol. The maximum absolute atomic E-state index is 12.4. The van der Waals surface area contributed by atoms with E-state index in [9.17, 15) is 4.79 Å². The van der Waals surface area contributed by atoms with Crippen LogP contribution in [0.5, 0.6) is 11.5 Å². The van der Waals surface area contributed by atoms with Crippen LogP contribution in [-0.2, 0) is 11.3 Å². The molecule has 0 N–H and O–H groups in total. The van der Waals surface area contributed by atoms with Crippen molar-refractivity contribution in [3.63, 3.8) is 0 Å². The van der Waals surface area contributed by atoms with Crippen LogP contribution in [-0.4, -0.2) is 32.1 Å². The molecule has 2 aromatic rings. The molecule has 4 nitrogen and oxygen atoms in total. The predicted molar refractivity (Wildman–Crippen MR) is 104 cm³/mol. The lowest BCUT2D eigenvalue weighted by Gasteiger charge is -2.18. The number of nitrogens with zero attached hydrogens (tertiary/aromatic N) is 1. The SMILES string of the molecule is COc1cccc(CN(C)C(=O)C=Cc2ccc(C)cc2Br)c1OC. The van der Waals surface area contributed by atoms with Crippen molar-refractivity contribution in [3.8, 4) is 11.5 Å². The van der Waals surface area contributed by atoms with Crippen LogP contribution >= 0.6 is 15.9 Å². The highest BCUT2D eigenvalue weighted by Crippen LogP contribution is 2.31. The molecule has 0 fully saturated rings. The van der Waals surface area contributed by atoms with E-state index in [4.69, 9.17) is 9.47 Å². The second-order valence-electron chi connectivity index (χ2n) is 5.71. The van der Waals surface area contributed by atoms with Crippen molar-refractivity contribution in [2.75, 3.05) is 21.3 Å². The van der Waals surface area contributed by atoms with Gasteiger partial charge in [-0.25, -0.2) is 0 Å². The molecule has 0 saturated heterocycles. The van der Waals surface area contributed by atoms with Gasteiger partial charge >= 0.3 is 0 Å². The first kappa shape index (κ1) is 19.1. The largest absolute Gasteiger partial charge is 0.493 e. The highest BCUT2D eigenvalue weighted by atomic mass is 79.9. The molecule has 5 heteroatoms. The fourth-order valence-corrected chi connectivity index (χ4v) is 3.09. The number of ether oxygens (including phenoxy) is 2. The Morgan fingerprint density at radius 1 is 1.20 bits per heavy atom. The fraction of sp³-hybridized carbons (Fsp3) is 0.250. The Hall–Kier alpha value is -2.27. The van der Waals surface area contributed by atoms with E-state index in [0.29, 0.717) is 18.0 Å². The van der Waals surface area contributed by atoms with Gasteiger partial charge in [0.05, 0.1) is 14.2 Å². The third-order valence-corrected chi connectivity index (χ3v) is 4.52. The van der Waals surface area contributed by atoms with Gasteiger partial charge in [0.25, 0.3) is 0 Å². The molecule has 25 heavy (non-hydrogen) atoms. The minimum Gasteiger partial charge on any atom is -0.493 e. The zero-order valence-corrected chi connectivity index (χ0v) is 16.5. The molecule has 0 unspecified atom stereocenters. The van der Waals surface area contributed by atoms with Crippen molar-refractivity contribution in [1.29, 1.82) is 0 Å². The third kappa shape index (κ3) is 4.86. The zero-order valence-electron chi connectivity index (χ0n) is 14.9. The molecule has 0 atom stereocenters. The molecule has 0 saturated carbocycles. The lowest BCUT2D eigenvalue weighted by molar-refractivity contribution is -0.125. The van der Waals surface area contributed by atoms with Crippen molar-refractivity contribution >= 4 is 27.9 Å². The number of para-hydroxylation sites is 1. The summed E-state index contributed by atoms with van der Waals surface area (Å²) < 4.78 is 11.7. The maximum atomic E-state index is 12.4. The predicted octanol–water partition coefficient (Wildman–Crippen LogP) is 4.45. The number of likely N-dealkylation sites (N-methyl/N-ethyl adjacent to an activating group) is 1. The maximum Gasteiger partial charge on any atom is 0.246 e. The van der Waals surface area contributed by atoms with Crippen LogP contribution in [0.1, 0.15) is 16.7 Å². The molecule has 0 bridgehead atoms. The van der Waals surface area contributed by atoms with E-state index in [1.54, 1.807) is 32.2 Å². The number of methoxy groups -OCH3 is 2. The summed E-state index contributed by atoms with van der Waals surface area (Å²) in [5, 5.41) is 0. The topological polar surface area (TPSA) is 38.8 Å². The van der Waals surface area contributed by atoms with Gasteiger partial charge in [-0.3, -0.25) is 4.79 Å². The van der Waals surface area contributed by atoms with E-state index in [2.05, 4.69) is 15.9 Å². The fourth-order valence-electron chi connectivity index (χ4n) is 2.47. The van der Waals surface area contributed by atoms with Crippen LogP contribution in [0, 0.1) is 6.92 Å². The van der Waals surface area contributed by atoms with Crippen LogP contribution in [0.25, 0.3) is 6.08 Å². The number of carbonyl (C=O) groups excluding carboxylic acids is 1. The Morgan fingerprint density at radius 3 is 2.60 bits per heavy atom. The van der Waals surface area contributed by atoms with E-state index in [1.807, 2.05) is 49.4 Å². The highest BCUT2D eigenvalue weighted by molar-refractivity contribution is 9.10. The number of amides is 1. The monoisotopic (exact) mass is 403 g/mol. The van der Waals surface area contributed by atoms with Crippen LogP contribution < -0.4 is 9.47 Å². The average Bonchev–Trinajstić information content (AvgIpc) is 2.60. The third-order valence-electron chi connectivity index (χ3n) is 3.83. The quantitative estimate of drug-likeness (QED) is 0.668. The summed E-state index contributed by atoms with van der Waals surface area (Å²) >= 11 is 3.52. The van der Waals surface area contributed by atoms with E-state index >= 15 is 0 Å². The van der Waals surface area contributed by atoms with Gasteiger partial charge < -0.3 is 14.4 Å². The number of rotatable bonds is 6. The Labute approximate surface area is 157 Å². The Balaban J connectivity index is 2.12. The number of halogens is 1. The minimum absolute atomic E-state index is 0.0858. The van der Waals surface area contributed by atoms with Crippen molar-refractivity contribution < 1.29 is 14.3 Å². The Kier molecular flexibility index (Phi) is 6.65. The van der Waals surface area contributed by atoms with Gasteiger partial charge in [-0.15, -0.1) is 0 Å². The molecule has 0 heterocycles. The lowest BCUT2D eigenvalue weighted by Crippen LogP contribution is -2.24. The number of hydrogen-bond acceptors (Lipinski definition) is 3. The second-order valence-corrected chi connectivity index (χ2v) is 6.56. The summed E-state index contributed by atoms with van der Waals surface area (Å²) in [7, 11) is 4.95. The molecule has 0 spiro atoms. The van der Waals surface area contributed by atoms with Crippen LogP contribution in [0.4, 0.5) is 0 Å². The normalized spacial score (nSPS) is 10.8. The summed E-state index contributed by atoms with van der Waals surface area (Å²) in [6, 6.07) is 11.7. The van der Waals surface area contributed by atoms with Crippen LogP contribution in [0.3, 0.4) is 0 Å². The smallest absolute Gasteiger partial charge is 0.246 e. The standard InChI is InChI=1S/C20H22BrNO3/c1-14-8-9-15(17(21)12-14)10-11-19(23)22(2)13-16-6-5-7-18(24-3)20(16)25-4/h5-12H,13H2,1-4H3. The van der Waals surface area contributed by atoms with Crippen LogP contribution in [0.15, 0.2) is 46.9 Å². The molecule has 2 aromatic carbocycles. The van der Waals surface area contributed by atoms with E-state index < -0.39 is 0 Å². The van der Waals surface area contributed by atoms with E-state index in [0.717, 1.165) is 21.2 Å². The molecular formula is C20H22BrNO3. The molecule has 2 rings (SSSR count). The Bertz CT molecular complexity index is 787. The van der Waals surface area contributed by atoms with Crippen molar-refractivity contribution in [3.05, 3.63) is 63.6 Å². The summed E-state index contributed by atoms with van der Waals surface area (Å²) in [5.41, 5.74) is 3.02. The molecule has 0 radical (unpaired) electrons. The Morgan fingerprint density at radius 2 is 1.96 bits per heavy atom. The molecule has 0 aliphatic heterocycles. The summed E-state index contributed by atoms with van der Waals surface area (Å²) in [6.07, 6.45) is 3.38. The summed E-state index contributed by atoms with van der Waals surface area (Å²) in [6.45, 7) is 2.46. The number of benzene rings is 2. The number of carbonyl (C=O) groups is 1. The van der Waals surface area contributed by atoms with Gasteiger partial charge in [-0.05, 0) is 36.3 Å². The van der Waals surface area contributed by atoms with Gasteiger partial charge in [-0.2, -0.15) is 0 Å². The van der Waals surface area contributed by atoms with Gasteiger partial charge in [0.2, 0.25) is 5.91 Å². The first-order valence-corrected chi connectivity index (χ1v) is 8.64. The van der Waals surface area contributed by atoms with E-state index in [-0.39, 0.29) is 5.91 Å². The van der Waals surface area contributed by atoms with Crippen molar-refractivity contribution in [2.24, 2.45) is 0 Å². The molecule has 132 valence electrons. The lowest BCUT2D eigenvalue weighted by atomic mass is 10.1. The van der Waals surface area contributed by atoms with Crippen LogP contribution in [0.2, 0.25) is 0 Å². The molecule has 0 aromatic heterocycles. The van der Waals surface area contributed by atoms with Gasteiger partial charge in [0.1, 0.15) is 0 Å². The second kappa shape index (κ2) is 8.72.